The number of para-hydroxylation sites is 2. The van der Waals surface area contributed by atoms with Crippen LogP contribution in [-0.2, 0) is 14.4 Å². The topological polar surface area (TPSA) is 98.9 Å². The van der Waals surface area contributed by atoms with Crippen molar-refractivity contribution in [2.45, 2.75) is 11.2 Å². The lowest BCUT2D eigenvalue weighted by Gasteiger charge is -2.36. The van der Waals surface area contributed by atoms with Gasteiger partial charge in [-0.1, -0.05) is 42.1 Å². The summed E-state index contributed by atoms with van der Waals surface area (Å²) in [5, 5.41) is -0.493. The standard InChI is InChI=1S/C21H16N2O5S/c1-27-12-9-5-8-11-13-14-17(29-18(22)15(13)21(26)28-16(11)12)20(25)23(19(14)24)10-6-3-2-4-7-10/h2-9,13-14,17H,22H2,1H3/t13-,14-,17-/m0/s1. The lowest BCUT2D eigenvalue weighted by molar-refractivity contribution is -0.132. The number of ether oxygens (including phenoxy) is 2. The van der Waals surface area contributed by atoms with Crippen molar-refractivity contribution in [1.29, 1.82) is 0 Å². The van der Waals surface area contributed by atoms with Crippen LogP contribution in [0.4, 0.5) is 5.69 Å². The molecule has 3 aliphatic rings. The van der Waals surface area contributed by atoms with E-state index < -0.39 is 23.1 Å². The Morgan fingerprint density at radius 2 is 1.79 bits per heavy atom. The molecule has 5 rings (SSSR count). The Labute approximate surface area is 170 Å². The number of benzene rings is 2. The van der Waals surface area contributed by atoms with Gasteiger partial charge in [-0.25, -0.2) is 9.69 Å². The molecule has 2 amide bonds. The first-order chi connectivity index (χ1) is 14.0. The fourth-order valence-corrected chi connectivity index (χ4v) is 5.48. The maximum Gasteiger partial charge on any atom is 0.342 e. The largest absolute Gasteiger partial charge is 0.493 e. The first-order valence-electron chi connectivity index (χ1n) is 9.01. The number of amides is 2. The molecule has 0 aliphatic carbocycles. The Balaban J connectivity index is 1.69. The van der Waals surface area contributed by atoms with Gasteiger partial charge in [-0.2, -0.15) is 0 Å². The molecular weight excluding hydrogens is 392 g/mol. The molecule has 8 heteroatoms. The Kier molecular flexibility index (Phi) is 3.92. The maximum atomic E-state index is 13.4. The fraction of sp³-hybridized carbons (Fsp3) is 0.190. The molecule has 3 aliphatic heterocycles. The molecule has 0 radical (unpaired) electrons. The molecule has 2 aromatic carbocycles. The van der Waals surface area contributed by atoms with E-state index in [0.29, 0.717) is 17.0 Å². The fourth-order valence-electron chi connectivity index (χ4n) is 4.25. The zero-order valence-electron chi connectivity index (χ0n) is 15.3. The second kappa shape index (κ2) is 6.38. The summed E-state index contributed by atoms with van der Waals surface area (Å²) in [5.41, 5.74) is 7.53. The molecule has 0 saturated carbocycles. The van der Waals surface area contributed by atoms with Crippen LogP contribution >= 0.6 is 11.8 Å². The highest BCUT2D eigenvalue weighted by Gasteiger charge is 2.58. The van der Waals surface area contributed by atoms with Crippen molar-refractivity contribution in [3.63, 3.8) is 0 Å². The number of hydrogen-bond acceptors (Lipinski definition) is 7. The van der Waals surface area contributed by atoms with E-state index in [1.54, 1.807) is 42.5 Å². The minimum absolute atomic E-state index is 0.214. The minimum atomic E-state index is -0.756. The van der Waals surface area contributed by atoms with Crippen molar-refractivity contribution in [1.82, 2.24) is 0 Å². The van der Waals surface area contributed by atoms with Gasteiger partial charge in [0.15, 0.2) is 11.5 Å². The molecule has 146 valence electrons. The number of imide groups is 1. The highest BCUT2D eigenvalue weighted by molar-refractivity contribution is 8.04. The Bertz CT molecular complexity index is 1100. The summed E-state index contributed by atoms with van der Waals surface area (Å²) in [7, 11) is 1.48. The molecule has 2 N–H and O–H groups in total. The monoisotopic (exact) mass is 408 g/mol. The van der Waals surface area contributed by atoms with E-state index in [2.05, 4.69) is 0 Å². The van der Waals surface area contributed by atoms with Gasteiger partial charge < -0.3 is 15.2 Å². The number of anilines is 1. The first-order valence-corrected chi connectivity index (χ1v) is 9.89. The van der Waals surface area contributed by atoms with Crippen LogP contribution in [0.2, 0.25) is 0 Å². The average molecular weight is 408 g/mol. The van der Waals surface area contributed by atoms with Crippen LogP contribution in [0.25, 0.3) is 0 Å². The maximum absolute atomic E-state index is 13.4. The third kappa shape index (κ3) is 2.42. The zero-order chi connectivity index (χ0) is 20.3. The number of nitrogens with two attached hydrogens (primary N) is 1. The van der Waals surface area contributed by atoms with Gasteiger partial charge in [0.1, 0.15) is 5.25 Å². The Hall–Kier alpha value is -3.26. The summed E-state index contributed by atoms with van der Waals surface area (Å²) >= 11 is 1.05. The van der Waals surface area contributed by atoms with Gasteiger partial charge in [0, 0.05) is 11.5 Å². The van der Waals surface area contributed by atoms with E-state index in [0.717, 1.165) is 11.8 Å². The van der Waals surface area contributed by atoms with Gasteiger partial charge >= 0.3 is 5.97 Å². The lowest BCUT2D eigenvalue weighted by Crippen LogP contribution is -2.39. The van der Waals surface area contributed by atoms with E-state index in [-0.39, 0.29) is 28.2 Å². The summed E-state index contributed by atoms with van der Waals surface area (Å²) in [6.07, 6.45) is 0. The summed E-state index contributed by atoms with van der Waals surface area (Å²) in [6.45, 7) is 0. The number of thioether (sulfide) groups is 1. The van der Waals surface area contributed by atoms with Crippen LogP contribution in [0.1, 0.15) is 11.5 Å². The quantitative estimate of drug-likeness (QED) is 0.462. The number of fused-ring (bicyclic) bond motifs is 5. The molecule has 7 nitrogen and oxygen atoms in total. The van der Waals surface area contributed by atoms with Gasteiger partial charge in [0.05, 0.1) is 29.3 Å². The van der Waals surface area contributed by atoms with E-state index in [4.69, 9.17) is 15.2 Å². The van der Waals surface area contributed by atoms with E-state index in [1.165, 1.54) is 12.0 Å². The molecule has 2 aromatic rings. The summed E-state index contributed by atoms with van der Waals surface area (Å²) in [5.74, 6) is -2.07. The Morgan fingerprint density at radius 1 is 1.03 bits per heavy atom. The first kappa shape index (κ1) is 17.8. The second-order valence-corrected chi connectivity index (χ2v) is 8.12. The van der Waals surface area contributed by atoms with Gasteiger partial charge in [-0.15, -0.1) is 0 Å². The molecule has 1 saturated heterocycles. The number of carbonyl (C=O) groups excluding carboxylic acids is 3. The molecular formula is C21H16N2O5S. The van der Waals surface area contributed by atoms with Crippen LogP contribution in [0.15, 0.2) is 59.1 Å². The summed E-state index contributed by atoms with van der Waals surface area (Å²) < 4.78 is 10.8. The normalized spacial score (nSPS) is 25.3. The Morgan fingerprint density at radius 3 is 2.52 bits per heavy atom. The van der Waals surface area contributed by atoms with Crippen molar-refractivity contribution in [3.05, 3.63) is 64.7 Å². The number of nitrogens with zero attached hydrogens (tertiary/aromatic N) is 1. The van der Waals surface area contributed by atoms with Crippen LogP contribution in [0, 0.1) is 5.92 Å². The molecule has 29 heavy (non-hydrogen) atoms. The van der Waals surface area contributed by atoms with Crippen LogP contribution in [0.3, 0.4) is 0 Å². The SMILES string of the molecule is COc1cccc2c1OC(=O)C1=C(N)S[C@@H]3C(=O)N(c4ccccc4)C(=O)[C@H]3[C@@H]12. The third-order valence-electron chi connectivity index (χ3n) is 5.48. The smallest absolute Gasteiger partial charge is 0.342 e. The van der Waals surface area contributed by atoms with Crippen molar-refractivity contribution in [2.24, 2.45) is 11.7 Å². The number of rotatable bonds is 2. The third-order valence-corrected chi connectivity index (χ3v) is 6.70. The van der Waals surface area contributed by atoms with E-state index >= 15 is 0 Å². The van der Waals surface area contributed by atoms with E-state index in [9.17, 15) is 14.4 Å². The van der Waals surface area contributed by atoms with Crippen LogP contribution < -0.4 is 20.1 Å². The number of hydrogen-bond donors (Lipinski definition) is 1. The zero-order valence-corrected chi connectivity index (χ0v) is 16.1. The molecule has 3 heterocycles. The molecule has 3 atom stereocenters. The van der Waals surface area contributed by atoms with Gasteiger partial charge in [0.2, 0.25) is 11.8 Å². The predicted octanol–water partition coefficient (Wildman–Crippen LogP) is 2.17. The number of esters is 1. The molecule has 0 spiro atoms. The average Bonchev–Trinajstić information content (AvgIpc) is 2.97. The molecule has 0 unspecified atom stereocenters. The van der Waals surface area contributed by atoms with Crippen LogP contribution in [0.5, 0.6) is 11.5 Å². The number of methoxy groups -OCH3 is 1. The highest BCUT2D eigenvalue weighted by atomic mass is 32.2. The lowest BCUT2D eigenvalue weighted by atomic mass is 9.77. The number of carbonyl (C=O) groups is 3. The molecule has 1 fully saturated rings. The van der Waals surface area contributed by atoms with Crippen molar-refractivity contribution >= 4 is 35.2 Å². The van der Waals surface area contributed by atoms with Crippen LogP contribution in [-0.4, -0.2) is 30.1 Å². The van der Waals surface area contributed by atoms with Crippen molar-refractivity contribution in [2.75, 3.05) is 12.0 Å². The molecule has 0 bridgehead atoms. The predicted molar refractivity (Wildman–Crippen MR) is 106 cm³/mol. The minimum Gasteiger partial charge on any atom is -0.493 e. The van der Waals surface area contributed by atoms with Gasteiger partial charge in [-0.3, -0.25) is 9.59 Å². The highest BCUT2D eigenvalue weighted by Crippen LogP contribution is 2.55. The van der Waals surface area contributed by atoms with Crippen molar-refractivity contribution < 1.29 is 23.9 Å². The molecule has 0 aromatic heterocycles. The van der Waals surface area contributed by atoms with Gasteiger partial charge in [-0.05, 0) is 18.2 Å². The summed E-state index contributed by atoms with van der Waals surface area (Å²) in [6, 6.07) is 14.0. The van der Waals surface area contributed by atoms with E-state index in [1.807, 2.05) is 6.07 Å². The van der Waals surface area contributed by atoms with Gasteiger partial charge in [0.25, 0.3) is 0 Å². The second-order valence-electron chi connectivity index (χ2n) is 6.94. The van der Waals surface area contributed by atoms with Crippen molar-refractivity contribution in [3.8, 4) is 11.5 Å². The summed E-state index contributed by atoms with van der Waals surface area (Å²) in [4.78, 5) is 40.5.